The number of benzene rings is 2. The van der Waals surface area contributed by atoms with E-state index >= 15 is 0 Å². The fourth-order valence-electron chi connectivity index (χ4n) is 3.44. The lowest BCUT2D eigenvalue weighted by Gasteiger charge is -2.36. The van der Waals surface area contributed by atoms with Crippen LogP contribution in [0.2, 0.25) is 0 Å². The van der Waals surface area contributed by atoms with E-state index in [1.807, 2.05) is 47.0 Å². The van der Waals surface area contributed by atoms with E-state index < -0.39 is 0 Å². The number of rotatable bonds is 5. The Labute approximate surface area is 174 Å². The topological polar surface area (TPSA) is 41.4 Å². The van der Waals surface area contributed by atoms with Gasteiger partial charge in [-0.05, 0) is 42.0 Å². The molecule has 0 atom stereocenters. The standard InChI is InChI=1S/C22H23FN4OS/c1-25-10-9-24-22(25)29-16-17-3-2-4-18(15-17)21(28)27-13-11-26(12-14-27)20-7-5-19(23)6-8-20/h2-10,15H,11-14,16H2,1H3. The molecule has 1 amide bonds. The molecule has 1 fully saturated rings. The lowest BCUT2D eigenvalue weighted by molar-refractivity contribution is 0.0746. The Kier molecular flexibility index (Phi) is 5.85. The molecule has 0 N–H and O–H groups in total. The number of carbonyl (C=O) groups excluding carboxylic acids is 1. The van der Waals surface area contributed by atoms with Gasteiger partial charge in [-0.25, -0.2) is 9.37 Å². The highest BCUT2D eigenvalue weighted by Gasteiger charge is 2.22. The molecular formula is C22H23FN4OS. The molecule has 3 aromatic rings. The van der Waals surface area contributed by atoms with Crippen LogP contribution in [0, 0.1) is 5.82 Å². The number of hydrogen-bond acceptors (Lipinski definition) is 4. The van der Waals surface area contributed by atoms with Crippen molar-refractivity contribution in [1.82, 2.24) is 14.5 Å². The van der Waals surface area contributed by atoms with E-state index in [0.29, 0.717) is 13.1 Å². The number of aromatic nitrogens is 2. The quantitative estimate of drug-likeness (QED) is 0.600. The minimum Gasteiger partial charge on any atom is -0.368 e. The highest BCUT2D eigenvalue weighted by molar-refractivity contribution is 7.98. The SMILES string of the molecule is Cn1ccnc1SCc1cccc(C(=O)N2CCN(c3ccc(F)cc3)CC2)c1. The van der Waals surface area contributed by atoms with Crippen LogP contribution in [0.1, 0.15) is 15.9 Å². The molecule has 1 aliphatic rings. The van der Waals surface area contributed by atoms with Crippen LogP contribution in [0.15, 0.2) is 66.1 Å². The molecule has 2 heterocycles. The Morgan fingerprint density at radius 3 is 2.55 bits per heavy atom. The van der Waals surface area contributed by atoms with Crippen LogP contribution < -0.4 is 4.90 Å². The highest BCUT2D eigenvalue weighted by Crippen LogP contribution is 2.22. The third-order valence-electron chi connectivity index (χ3n) is 5.08. The number of carbonyl (C=O) groups is 1. The van der Waals surface area contributed by atoms with Crippen LogP contribution >= 0.6 is 11.8 Å². The van der Waals surface area contributed by atoms with Gasteiger partial charge in [-0.3, -0.25) is 4.79 Å². The lowest BCUT2D eigenvalue weighted by Crippen LogP contribution is -2.48. The largest absolute Gasteiger partial charge is 0.368 e. The predicted molar refractivity (Wildman–Crippen MR) is 114 cm³/mol. The Balaban J connectivity index is 1.36. The molecule has 150 valence electrons. The van der Waals surface area contributed by atoms with Gasteiger partial charge in [0.1, 0.15) is 5.82 Å². The zero-order valence-corrected chi connectivity index (χ0v) is 17.1. The molecule has 0 bridgehead atoms. The molecule has 7 heteroatoms. The van der Waals surface area contributed by atoms with Crippen molar-refractivity contribution in [1.29, 1.82) is 0 Å². The number of hydrogen-bond donors (Lipinski definition) is 0. The number of thioether (sulfide) groups is 1. The van der Waals surface area contributed by atoms with Gasteiger partial charge in [-0.2, -0.15) is 0 Å². The zero-order chi connectivity index (χ0) is 20.2. The molecule has 0 saturated carbocycles. The van der Waals surface area contributed by atoms with E-state index in [4.69, 9.17) is 0 Å². The van der Waals surface area contributed by atoms with Gasteiger partial charge < -0.3 is 14.4 Å². The van der Waals surface area contributed by atoms with Crippen molar-refractivity contribution in [2.24, 2.45) is 7.05 Å². The zero-order valence-electron chi connectivity index (χ0n) is 16.3. The van der Waals surface area contributed by atoms with Crippen LogP contribution in [0.3, 0.4) is 0 Å². The van der Waals surface area contributed by atoms with Gasteiger partial charge in [-0.15, -0.1) is 0 Å². The minimum absolute atomic E-state index is 0.0626. The third-order valence-corrected chi connectivity index (χ3v) is 6.21. The van der Waals surface area contributed by atoms with Gasteiger partial charge in [-0.1, -0.05) is 23.9 Å². The molecule has 5 nitrogen and oxygen atoms in total. The van der Waals surface area contributed by atoms with Crippen molar-refractivity contribution in [2.45, 2.75) is 10.9 Å². The Hall–Kier alpha value is -2.80. The summed E-state index contributed by atoms with van der Waals surface area (Å²) in [6, 6.07) is 14.4. The summed E-state index contributed by atoms with van der Waals surface area (Å²) < 4.78 is 15.1. The summed E-state index contributed by atoms with van der Waals surface area (Å²) in [6.07, 6.45) is 3.71. The molecule has 0 radical (unpaired) electrons. The van der Waals surface area contributed by atoms with Crippen molar-refractivity contribution in [2.75, 3.05) is 31.1 Å². The van der Waals surface area contributed by atoms with Crippen molar-refractivity contribution in [3.63, 3.8) is 0 Å². The number of imidazole rings is 1. The molecule has 2 aromatic carbocycles. The minimum atomic E-state index is -0.233. The summed E-state index contributed by atoms with van der Waals surface area (Å²) in [5.41, 5.74) is 2.82. The average molecular weight is 411 g/mol. The predicted octanol–water partition coefficient (Wildman–Crippen LogP) is 3.81. The van der Waals surface area contributed by atoms with Gasteiger partial charge in [0.2, 0.25) is 0 Å². The van der Waals surface area contributed by atoms with E-state index in [1.54, 1.807) is 30.1 Å². The van der Waals surface area contributed by atoms with Crippen LogP contribution in [0.5, 0.6) is 0 Å². The third kappa shape index (κ3) is 4.62. The summed E-state index contributed by atoms with van der Waals surface area (Å²) in [7, 11) is 1.97. The number of nitrogens with zero attached hydrogens (tertiary/aromatic N) is 4. The van der Waals surface area contributed by atoms with Crippen molar-refractivity contribution in [3.8, 4) is 0 Å². The first-order chi connectivity index (χ1) is 14.1. The Bertz CT molecular complexity index is 980. The van der Waals surface area contributed by atoms with Gasteiger partial charge in [0.15, 0.2) is 5.16 Å². The van der Waals surface area contributed by atoms with E-state index in [1.165, 1.54) is 12.1 Å². The summed E-state index contributed by atoms with van der Waals surface area (Å²) in [5.74, 6) is 0.598. The van der Waals surface area contributed by atoms with Gasteiger partial charge >= 0.3 is 0 Å². The van der Waals surface area contributed by atoms with Gasteiger partial charge in [0.05, 0.1) is 0 Å². The maximum absolute atomic E-state index is 13.1. The van der Waals surface area contributed by atoms with Gasteiger partial charge in [0.25, 0.3) is 5.91 Å². The van der Waals surface area contributed by atoms with E-state index in [0.717, 1.165) is 40.8 Å². The molecule has 0 unspecified atom stereocenters. The van der Waals surface area contributed by atoms with Crippen molar-refractivity contribution < 1.29 is 9.18 Å². The second kappa shape index (κ2) is 8.69. The van der Waals surface area contributed by atoms with Crippen LogP contribution in [-0.2, 0) is 12.8 Å². The van der Waals surface area contributed by atoms with Gasteiger partial charge in [0, 0.05) is 62.6 Å². The number of anilines is 1. The Morgan fingerprint density at radius 1 is 1.10 bits per heavy atom. The van der Waals surface area contributed by atoms with E-state index in [9.17, 15) is 9.18 Å². The van der Waals surface area contributed by atoms with E-state index in [-0.39, 0.29) is 11.7 Å². The first kappa shape index (κ1) is 19.5. The molecule has 1 aliphatic heterocycles. The summed E-state index contributed by atoms with van der Waals surface area (Å²) >= 11 is 1.66. The molecule has 29 heavy (non-hydrogen) atoms. The summed E-state index contributed by atoms with van der Waals surface area (Å²) in [6.45, 7) is 2.79. The maximum Gasteiger partial charge on any atom is 0.253 e. The fourth-order valence-corrected chi connectivity index (χ4v) is 4.31. The highest BCUT2D eigenvalue weighted by atomic mass is 32.2. The van der Waals surface area contributed by atoms with Crippen LogP contribution in [-0.4, -0.2) is 46.5 Å². The summed E-state index contributed by atoms with van der Waals surface area (Å²) in [5, 5.41) is 0.957. The number of piperazine rings is 1. The van der Waals surface area contributed by atoms with Crippen LogP contribution in [0.4, 0.5) is 10.1 Å². The first-order valence-electron chi connectivity index (χ1n) is 9.59. The van der Waals surface area contributed by atoms with Crippen LogP contribution in [0.25, 0.3) is 0 Å². The Morgan fingerprint density at radius 2 is 1.86 bits per heavy atom. The lowest BCUT2D eigenvalue weighted by atomic mass is 10.1. The number of aryl methyl sites for hydroxylation is 1. The smallest absolute Gasteiger partial charge is 0.253 e. The molecule has 1 aromatic heterocycles. The number of halogens is 1. The number of amides is 1. The second-order valence-electron chi connectivity index (χ2n) is 7.07. The average Bonchev–Trinajstić information content (AvgIpc) is 3.17. The molecule has 0 spiro atoms. The molecule has 1 saturated heterocycles. The fraction of sp³-hybridized carbons (Fsp3) is 0.273. The maximum atomic E-state index is 13.1. The molecule has 0 aliphatic carbocycles. The van der Waals surface area contributed by atoms with Crippen molar-refractivity contribution >= 4 is 23.4 Å². The van der Waals surface area contributed by atoms with E-state index in [2.05, 4.69) is 9.88 Å². The second-order valence-corrected chi connectivity index (χ2v) is 8.01. The molecular weight excluding hydrogens is 387 g/mol. The summed E-state index contributed by atoms with van der Waals surface area (Å²) in [4.78, 5) is 21.4. The first-order valence-corrected chi connectivity index (χ1v) is 10.6. The monoisotopic (exact) mass is 410 g/mol. The normalized spacial score (nSPS) is 14.3. The molecule has 4 rings (SSSR count). The van der Waals surface area contributed by atoms with Crippen molar-refractivity contribution in [3.05, 3.63) is 77.9 Å².